The van der Waals surface area contributed by atoms with Crippen LogP contribution < -0.4 is 5.56 Å². The van der Waals surface area contributed by atoms with Crippen molar-refractivity contribution in [2.45, 2.75) is 19.0 Å². The normalized spacial score (nSPS) is 11.4. The van der Waals surface area contributed by atoms with E-state index in [0.29, 0.717) is 20.9 Å². The minimum absolute atomic E-state index is 0.00979. The third kappa shape index (κ3) is 3.15. The smallest absolute Gasteiger partial charge is 0.271 e. The zero-order chi connectivity index (χ0) is 19.1. The standard InChI is InChI=1S/C18H16N4O2S3/c1-10-8-12(11(2)22(10)17-19-5-7-26-17)14(23)9-27-18-20-13-4-6-25-15(13)16(24)21(18)3/h4-8H,9H2,1-3H3. The van der Waals surface area contributed by atoms with Crippen LogP contribution in [0.1, 0.15) is 21.7 Å². The minimum atomic E-state index is -0.0769. The van der Waals surface area contributed by atoms with Gasteiger partial charge in [-0.3, -0.25) is 18.7 Å². The molecule has 0 N–H and O–H groups in total. The lowest BCUT2D eigenvalue weighted by molar-refractivity contribution is 0.102. The van der Waals surface area contributed by atoms with Crippen molar-refractivity contribution in [2.24, 2.45) is 7.05 Å². The summed E-state index contributed by atoms with van der Waals surface area (Å²) in [6.45, 7) is 3.89. The van der Waals surface area contributed by atoms with Gasteiger partial charge in [0, 0.05) is 35.6 Å². The topological polar surface area (TPSA) is 69.8 Å². The van der Waals surface area contributed by atoms with Crippen LogP contribution in [0.2, 0.25) is 0 Å². The fourth-order valence-corrected chi connectivity index (χ4v) is 5.38. The number of nitrogens with zero attached hydrogens (tertiary/aromatic N) is 4. The lowest BCUT2D eigenvalue weighted by atomic mass is 10.2. The van der Waals surface area contributed by atoms with E-state index < -0.39 is 0 Å². The third-order valence-electron chi connectivity index (χ3n) is 4.32. The summed E-state index contributed by atoms with van der Waals surface area (Å²) in [6, 6.07) is 3.73. The van der Waals surface area contributed by atoms with E-state index in [-0.39, 0.29) is 17.1 Å². The molecule has 0 aliphatic carbocycles. The van der Waals surface area contributed by atoms with E-state index in [1.54, 1.807) is 13.2 Å². The summed E-state index contributed by atoms with van der Waals surface area (Å²) in [5.74, 6) is 0.230. The maximum absolute atomic E-state index is 12.8. The van der Waals surface area contributed by atoms with Crippen LogP contribution in [-0.2, 0) is 7.05 Å². The largest absolute Gasteiger partial charge is 0.294 e. The fourth-order valence-electron chi connectivity index (χ4n) is 2.97. The Morgan fingerprint density at radius 3 is 2.81 bits per heavy atom. The monoisotopic (exact) mass is 416 g/mol. The second kappa shape index (κ2) is 7.06. The third-order valence-corrected chi connectivity index (χ3v) is 7.00. The van der Waals surface area contributed by atoms with Crippen LogP contribution in [0.4, 0.5) is 0 Å². The Labute approximate surface area is 167 Å². The maximum Gasteiger partial charge on any atom is 0.271 e. The van der Waals surface area contributed by atoms with Crippen molar-refractivity contribution in [3.05, 3.63) is 56.4 Å². The van der Waals surface area contributed by atoms with Gasteiger partial charge in [-0.2, -0.15) is 0 Å². The van der Waals surface area contributed by atoms with Crippen molar-refractivity contribution < 1.29 is 4.79 Å². The second-order valence-corrected chi connectivity index (χ2v) is 8.77. The van der Waals surface area contributed by atoms with Gasteiger partial charge >= 0.3 is 0 Å². The van der Waals surface area contributed by atoms with Gasteiger partial charge in [-0.05, 0) is 31.4 Å². The number of carbonyl (C=O) groups is 1. The molecule has 0 spiro atoms. The Morgan fingerprint density at radius 2 is 2.07 bits per heavy atom. The number of ketones is 1. The number of carbonyl (C=O) groups excluding carboxylic acids is 1. The maximum atomic E-state index is 12.8. The molecule has 0 saturated carbocycles. The van der Waals surface area contributed by atoms with Gasteiger partial charge in [0.15, 0.2) is 16.1 Å². The van der Waals surface area contributed by atoms with Crippen molar-refractivity contribution in [2.75, 3.05) is 5.75 Å². The number of hydrogen-bond donors (Lipinski definition) is 0. The van der Waals surface area contributed by atoms with Crippen molar-refractivity contribution >= 4 is 50.4 Å². The zero-order valence-electron chi connectivity index (χ0n) is 14.9. The molecule has 0 aromatic carbocycles. The van der Waals surface area contributed by atoms with Crippen LogP contribution in [0.3, 0.4) is 0 Å². The van der Waals surface area contributed by atoms with Crippen molar-refractivity contribution in [1.29, 1.82) is 0 Å². The summed E-state index contributed by atoms with van der Waals surface area (Å²) in [7, 11) is 1.69. The van der Waals surface area contributed by atoms with Gasteiger partial charge in [0.05, 0.1) is 11.3 Å². The van der Waals surface area contributed by atoms with E-state index in [2.05, 4.69) is 9.97 Å². The van der Waals surface area contributed by atoms with Crippen molar-refractivity contribution in [1.82, 2.24) is 19.1 Å². The molecular formula is C18H16N4O2S3. The fraction of sp³-hybridized carbons (Fsp3) is 0.222. The molecule has 4 aromatic heterocycles. The Morgan fingerprint density at radius 1 is 1.26 bits per heavy atom. The summed E-state index contributed by atoms with van der Waals surface area (Å²) in [6.07, 6.45) is 1.75. The van der Waals surface area contributed by atoms with Gasteiger partial charge in [0.1, 0.15) is 4.70 Å². The molecule has 0 amide bonds. The molecule has 0 aliphatic rings. The number of thiophene rings is 1. The zero-order valence-corrected chi connectivity index (χ0v) is 17.4. The van der Waals surface area contributed by atoms with Crippen molar-refractivity contribution in [3.8, 4) is 5.13 Å². The number of rotatable bonds is 5. The molecule has 0 bridgehead atoms. The predicted molar refractivity (Wildman–Crippen MR) is 111 cm³/mol. The minimum Gasteiger partial charge on any atom is -0.294 e. The van der Waals surface area contributed by atoms with Crippen LogP contribution in [0, 0.1) is 13.8 Å². The van der Waals surface area contributed by atoms with E-state index in [9.17, 15) is 9.59 Å². The lowest BCUT2D eigenvalue weighted by Crippen LogP contribution is -2.19. The molecular weight excluding hydrogens is 400 g/mol. The number of fused-ring (bicyclic) bond motifs is 1. The van der Waals surface area contributed by atoms with E-state index in [0.717, 1.165) is 16.5 Å². The molecule has 4 rings (SSSR count). The Balaban J connectivity index is 1.60. The molecule has 9 heteroatoms. The molecule has 0 aliphatic heterocycles. The predicted octanol–water partition coefficient (Wildman–Crippen LogP) is 3.83. The van der Waals surface area contributed by atoms with Gasteiger partial charge in [-0.1, -0.05) is 11.8 Å². The van der Waals surface area contributed by atoms with E-state index in [1.807, 2.05) is 41.3 Å². The molecule has 4 aromatic rings. The Kier molecular flexibility index (Phi) is 4.75. The highest BCUT2D eigenvalue weighted by molar-refractivity contribution is 7.99. The van der Waals surface area contributed by atoms with Crippen molar-refractivity contribution in [3.63, 3.8) is 0 Å². The lowest BCUT2D eigenvalue weighted by Gasteiger charge is -2.07. The van der Waals surface area contributed by atoms with Crippen LogP contribution in [-0.4, -0.2) is 30.6 Å². The summed E-state index contributed by atoms with van der Waals surface area (Å²) >= 11 is 4.21. The molecule has 0 unspecified atom stereocenters. The van der Waals surface area contributed by atoms with Gasteiger partial charge in [-0.25, -0.2) is 9.97 Å². The highest BCUT2D eigenvalue weighted by Crippen LogP contribution is 2.25. The molecule has 0 fully saturated rings. The summed E-state index contributed by atoms with van der Waals surface area (Å²) in [5, 5.41) is 5.17. The van der Waals surface area contributed by atoms with Crippen LogP contribution in [0.25, 0.3) is 15.3 Å². The number of thioether (sulfide) groups is 1. The first-order chi connectivity index (χ1) is 13.0. The van der Waals surface area contributed by atoms with Gasteiger partial charge in [-0.15, -0.1) is 22.7 Å². The van der Waals surface area contributed by atoms with Gasteiger partial charge in [0.25, 0.3) is 5.56 Å². The molecule has 27 heavy (non-hydrogen) atoms. The summed E-state index contributed by atoms with van der Waals surface area (Å²) in [4.78, 5) is 34.1. The van der Waals surface area contributed by atoms with Gasteiger partial charge in [0.2, 0.25) is 0 Å². The van der Waals surface area contributed by atoms with Crippen LogP contribution in [0.15, 0.2) is 39.0 Å². The molecule has 6 nitrogen and oxygen atoms in total. The Hall–Kier alpha value is -2.23. The van der Waals surface area contributed by atoms with Gasteiger partial charge < -0.3 is 0 Å². The molecule has 4 heterocycles. The molecule has 0 atom stereocenters. The highest BCUT2D eigenvalue weighted by Gasteiger charge is 2.19. The number of aryl methyl sites for hydroxylation is 1. The molecule has 0 radical (unpaired) electrons. The molecule has 138 valence electrons. The number of aromatic nitrogens is 4. The van der Waals surface area contributed by atoms with E-state index >= 15 is 0 Å². The highest BCUT2D eigenvalue weighted by atomic mass is 32.2. The number of hydrogen-bond acceptors (Lipinski definition) is 7. The van der Waals surface area contributed by atoms with Crippen LogP contribution >= 0.6 is 34.4 Å². The number of Topliss-reactive ketones (excluding diaryl/α,β-unsaturated/α-hetero) is 1. The van der Waals surface area contributed by atoms with E-state index in [1.165, 1.54) is 39.0 Å². The Bertz CT molecular complexity index is 1200. The second-order valence-electron chi connectivity index (χ2n) is 6.04. The summed E-state index contributed by atoms with van der Waals surface area (Å²) in [5.41, 5.74) is 3.13. The quantitative estimate of drug-likeness (QED) is 0.281. The van der Waals surface area contributed by atoms with E-state index in [4.69, 9.17) is 0 Å². The van der Waals surface area contributed by atoms with Crippen LogP contribution in [0.5, 0.6) is 0 Å². The summed E-state index contributed by atoms with van der Waals surface area (Å²) < 4.78 is 4.14. The SMILES string of the molecule is Cc1cc(C(=O)CSc2nc3ccsc3c(=O)n2C)c(C)n1-c1nccs1. The number of thiazole rings is 1. The average Bonchev–Trinajstić information content (AvgIpc) is 3.37. The first kappa shape index (κ1) is 18.1. The first-order valence-electron chi connectivity index (χ1n) is 8.16. The average molecular weight is 417 g/mol. The first-order valence-corrected chi connectivity index (χ1v) is 10.9. The molecule has 0 saturated heterocycles.